The summed E-state index contributed by atoms with van der Waals surface area (Å²) in [5.74, 6) is -0.824. The predicted molar refractivity (Wildman–Crippen MR) is 130 cm³/mol. The Labute approximate surface area is 200 Å². The van der Waals surface area contributed by atoms with Crippen LogP contribution in [0.15, 0.2) is 54.1 Å². The third-order valence-corrected chi connectivity index (χ3v) is 5.85. The second-order valence-corrected chi connectivity index (χ2v) is 8.87. The molecule has 1 amide bonds. The van der Waals surface area contributed by atoms with E-state index in [9.17, 15) is 14.7 Å². The number of aliphatic hydroxyl groups excluding tert-OH is 1. The molecule has 0 bridgehead atoms. The van der Waals surface area contributed by atoms with Gasteiger partial charge in [-0.25, -0.2) is 0 Å². The van der Waals surface area contributed by atoms with Crippen molar-refractivity contribution in [3.63, 3.8) is 0 Å². The van der Waals surface area contributed by atoms with E-state index < -0.39 is 17.7 Å². The van der Waals surface area contributed by atoms with Crippen molar-refractivity contribution >= 4 is 29.1 Å². The summed E-state index contributed by atoms with van der Waals surface area (Å²) in [6, 6.07) is 13.3. The van der Waals surface area contributed by atoms with Gasteiger partial charge in [-0.2, -0.15) is 0 Å². The molecule has 33 heavy (non-hydrogen) atoms. The average molecular weight is 471 g/mol. The Hall–Kier alpha value is -2.83. The lowest BCUT2D eigenvalue weighted by Crippen LogP contribution is -2.32. The maximum atomic E-state index is 13.1. The van der Waals surface area contributed by atoms with Gasteiger partial charge in [-0.15, -0.1) is 0 Å². The van der Waals surface area contributed by atoms with Gasteiger partial charge in [0, 0.05) is 17.1 Å². The van der Waals surface area contributed by atoms with Crippen LogP contribution in [-0.4, -0.2) is 60.4 Å². The zero-order valence-electron chi connectivity index (χ0n) is 19.4. The lowest BCUT2D eigenvalue weighted by Gasteiger charge is -2.26. The minimum atomic E-state index is -0.697. The van der Waals surface area contributed by atoms with Gasteiger partial charge in [-0.1, -0.05) is 37.1 Å². The van der Waals surface area contributed by atoms with Gasteiger partial charge in [0.05, 0.1) is 18.2 Å². The average Bonchev–Trinajstić information content (AvgIpc) is 3.04. The zero-order chi connectivity index (χ0) is 24.0. The van der Waals surface area contributed by atoms with Crippen molar-refractivity contribution in [2.45, 2.75) is 32.2 Å². The highest BCUT2D eigenvalue weighted by atomic mass is 35.5. The van der Waals surface area contributed by atoms with E-state index >= 15 is 0 Å². The van der Waals surface area contributed by atoms with E-state index in [0.29, 0.717) is 35.9 Å². The molecule has 2 aromatic carbocycles. The molecule has 1 fully saturated rings. The van der Waals surface area contributed by atoms with Crippen molar-refractivity contribution in [2.24, 2.45) is 0 Å². The van der Waals surface area contributed by atoms with Gasteiger partial charge in [0.25, 0.3) is 11.7 Å². The van der Waals surface area contributed by atoms with Crippen LogP contribution in [0.1, 0.15) is 43.4 Å². The van der Waals surface area contributed by atoms with Crippen LogP contribution in [0, 0.1) is 0 Å². The second-order valence-electron chi connectivity index (χ2n) is 8.43. The zero-order valence-corrected chi connectivity index (χ0v) is 20.1. The van der Waals surface area contributed by atoms with Crippen molar-refractivity contribution in [3.8, 4) is 5.75 Å². The highest BCUT2D eigenvalue weighted by Gasteiger charge is 2.45. The molecule has 176 valence electrons. The predicted octanol–water partition coefficient (Wildman–Crippen LogP) is 4.89. The fraction of sp³-hybridized carbons (Fsp3) is 0.385. The van der Waals surface area contributed by atoms with Crippen LogP contribution in [0.4, 0.5) is 0 Å². The maximum Gasteiger partial charge on any atom is 0.295 e. The SMILES string of the molecule is CCCCOc1cccc(C2C(=C(O)c3ccc(Cl)cc3)C(=O)C(=O)N2CCCN(C)C)c1. The fourth-order valence-corrected chi connectivity index (χ4v) is 4.01. The van der Waals surface area contributed by atoms with Gasteiger partial charge in [0.2, 0.25) is 0 Å². The largest absolute Gasteiger partial charge is 0.507 e. The number of carbonyl (C=O) groups is 2. The fourth-order valence-electron chi connectivity index (χ4n) is 3.89. The van der Waals surface area contributed by atoms with E-state index in [1.807, 2.05) is 43.3 Å². The Bertz CT molecular complexity index is 1020. The molecular formula is C26H31ClN2O4. The second kappa shape index (κ2) is 11.3. The van der Waals surface area contributed by atoms with Gasteiger partial charge in [0.15, 0.2) is 0 Å². The molecule has 0 saturated carbocycles. The number of likely N-dealkylation sites (tertiary alicyclic amines) is 1. The molecule has 1 aliphatic rings. The first-order chi connectivity index (χ1) is 15.8. The topological polar surface area (TPSA) is 70.1 Å². The van der Waals surface area contributed by atoms with E-state index in [4.69, 9.17) is 16.3 Å². The monoisotopic (exact) mass is 470 g/mol. The Kier molecular flexibility index (Phi) is 8.53. The van der Waals surface area contributed by atoms with E-state index in [2.05, 4.69) is 6.92 Å². The van der Waals surface area contributed by atoms with Crippen LogP contribution in [0.25, 0.3) is 5.76 Å². The first-order valence-corrected chi connectivity index (χ1v) is 11.6. The summed E-state index contributed by atoms with van der Waals surface area (Å²) in [6.45, 7) is 3.85. The summed E-state index contributed by atoms with van der Waals surface area (Å²) < 4.78 is 5.85. The van der Waals surface area contributed by atoms with Gasteiger partial charge in [0.1, 0.15) is 11.5 Å². The molecular weight excluding hydrogens is 440 g/mol. The van der Waals surface area contributed by atoms with Crippen LogP contribution in [-0.2, 0) is 9.59 Å². The van der Waals surface area contributed by atoms with E-state index in [1.54, 1.807) is 29.2 Å². The number of ether oxygens (including phenoxy) is 1. The molecule has 2 aromatic rings. The molecule has 0 spiro atoms. The number of carbonyl (C=O) groups excluding carboxylic acids is 2. The molecule has 1 N–H and O–H groups in total. The van der Waals surface area contributed by atoms with Gasteiger partial charge < -0.3 is 19.6 Å². The lowest BCUT2D eigenvalue weighted by atomic mass is 9.95. The molecule has 1 unspecified atom stereocenters. The number of unbranched alkanes of at least 4 members (excludes halogenated alkanes) is 1. The molecule has 6 nitrogen and oxygen atoms in total. The van der Waals surface area contributed by atoms with Crippen molar-refractivity contribution < 1.29 is 19.4 Å². The molecule has 7 heteroatoms. The third-order valence-electron chi connectivity index (χ3n) is 5.60. The lowest BCUT2D eigenvalue weighted by molar-refractivity contribution is -0.139. The Morgan fingerprint density at radius 2 is 1.85 bits per heavy atom. The summed E-state index contributed by atoms with van der Waals surface area (Å²) in [7, 11) is 3.92. The van der Waals surface area contributed by atoms with Gasteiger partial charge in [-0.05, 0) is 75.4 Å². The summed E-state index contributed by atoms with van der Waals surface area (Å²) in [4.78, 5) is 29.7. The van der Waals surface area contributed by atoms with Crippen molar-refractivity contribution in [3.05, 3.63) is 70.3 Å². The molecule has 0 aromatic heterocycles. The first kappa shape index (κ1) is 24.8. The molecule has 1 atom stereocenters. The number of ketones is 1. The van der Waals surface area contributed by atoms with Crippen molar-refractivity contribution in [1.82, 2.24) is 9.80 Å². The van der Waals surface area contributed by atoms with E-state index in [1.165, 1.54) is 0 Å². The standard InChI is InChI=1S/C26H31ClN2O4/c1-4-5-16-33-21-9-6-8-19(17-21)23-22(24(30)18-10-12-20(27)13-11-18)25(31)26(32)29(23)15-7-14-28(2)3/h6,8-13,17,23,30H,4-5,7,14-16H2,1-3H3. The van der Waals surface area contributed by atoms with Crippen molar-refractivity contribution in [1.29, 1.82) is 0 Å². The third kappa shape index (κ3) is 5.95. The summed E-state index contributed by atoms with van der Waals surface area (Å²) in [6.07, 6.45) is 2.65. The number of rotatable bonds is 10. The normalized spacial score (nSPS) is 17.7. The highest BCUT2D eigenvalue weighted by Crippen LogP contribution is 2.40. The number of nitrogens with zero attached hydrogens (tertiary/aromatic N) is 2. The van der Waals surface area contributed by atoms with Gasteiger partial charge >= 0.3 is 0 Å². The summed E-state index contributed by atoms with van der Waals surface area (Å²) in [5, 5.41) is 11.6. The number of aliphatic hydroxyl groups is 1. The van der Waals surface area contributed by atoms with Crippen LogP contribution >= 0.6 is 11.6 Å². The number of halogens is 1. The molecule has 1 heterocycles. The molecule has 1 saturated heterocycles. The molecule has 3 rings (SSSR count). The number of hydrogen-bond acceptors (Lipinski definition) is 5. The Morgan fingerprint density at radius 3 is 2.52 bits per heavy atom. The Balaban J connectivity index is 2.04. The minimum Gasteiger partial charge on any atom is -0.507 e. The smallest absolute Gasteiger partial charge is 0.295 e. The van der Waals surface area contributed by atoms with E-state index in [0.717, 1.165) is 24.9 Å². The first-order valence-electron chi connectivity index (χ1n) is 11.2. The molecule has 0 radical (unpaired) electrons. The Morgan fingerprint density at radius 1 is 1.12 bits per heavy atom. The van der Waals surface area contributed by atoms with Crippen LogP contribution in [0.5, 0.6) is 5.75 Å². The number of hydrogen-bond donors (Lipinski definition) is 1. The number of benzene rings is 2. The summed E-state index contributed by atoms with van der Waals surface area (Å²) in [5.41, 5.74) is 1.24. The minimum absolute atomic E-state index is 0.0814. The number of Topliss-reactive ketones (excluding diaryl/α,β-unsaturated/α-hetero) is 1. The quantitative estimate of drug-likeness (QED) is 0.231. The molecule has 0 aliphatic carbocycles. The molecule has 1 aliphatic heterocycles. The van der Waals surface area contributed by atoms with Crippen LogP contribution < -0.4 is 4.74 Å². The highest BCUT2D eigenvalue weighted by molar-refractivity contribution is 6.46. The van der Waals surface area contributed by atoms with E-state index in [-0.39, 0.29) is 11.3 Å². The van der Waals surface area contributed by atoms with Crippen molar-refractivity contribution in [2.75, 3.05) is 33.8 Å². The van der Waals surface area contributed by atoms with Crippen LogP contribution in [0.3, 0.4) is 0 Å². The summed E-state index contributed by atoms with van der Waals surface area (Å²) >= 11 is 5.98. The maximum absolute atomic E-state index is 13.1. The number of amides is 1. The van der Waals surface area contributed by atoms with Gasteiger partial charge in [-0.3, -0.25) is 9.59 Å². The van der Waals surface area contributed by atoms with Crippen LogP contribution in [0.2, 0.25) is 5.02 Å².